The number of rotatable bonds is 6. The predicted octanol–water partition coefficient (Wildman–Crippen LogP) is 1.43. The number of benzene rings is 1. The molecule has 1 aromatic carbocycles. The van der Waals surface area contributed by atoms with Crippen molar-refractivity contribution < 1.29 is 19.7 Å². The molecular weight excluding hydrogens is 282 g/mol. The van der Waals surface area contributed by atoms with Gasteiger partial charge in [0.1, 0.15) is 0 Å². The van der Waals surface area contributed by atoms with E-state index in [1.807, 2.05) is 4.90 Å². The Balaban J connectivity index is 2.08. The Morgan fingerprint density at radius 1 is 1.32 bits per heavy atom. The first-order chi connectivity index (χ1) is 10.6. The molecule has 0 bridgehead atoms. The van der Waals surface area contributed by atoms with E-state index in [-0.39, 0.29) is 24.5 Å². The van der Waals surface area contributed by atoms with Gasteiger partial charge in [0.15, 0.2) is 0 Å². The first-order valence-corrected chi connectivity index (χ1v) is 7.73. The minimum atomic E-state index is -0.255. The van der Waals surface area contributed by atoms with Crippen molar-refractivity contribution in [3.8, 4) is 0 Å². The van der Waals surface area contributed by atoms with Crippen LogP contribution in [0.1, 0.15) is 35.2 Å². The van der Waals surface area contributed by atoms with Crippen LogP contribution >= 0.6 is 0 Å². The van der Waals surface area contributed by atoms with E-state index in [0.717, 1.165) is 31.4 Å². The topological polar surface area (TPSA) is 70.0 Å². The van der Waals surface area contributed by atoms with Gasteiger partial charge < -0.3 is 19.8 Å². The fourth-order valence-electron chi connectivity index (χ4n) is 3.05. The van der Waals surface area contributed by atoms with Crippen LogP contribution in [0.2, 0.25) is 0 Å². The van der Waals surface area contributed by atoms with Gasteiger partial charge in [-0.1, -0.05) is 12.1 Å². The summed E-state index contributed by atoms with van der Waals surface area (Å²) in [5, 5.41) is 18.8. The molecule has 1 heterocycles. The Bertz CT molecular complexity index is 488. The number of carbonyl (C=O) groups is 1. The number of amides is 1. The highest BCUT2D eigenvalue weighted by atomic mass is 16.5. The largest absolute Gasteiger partial charge is 0.396 e. The van der Waals surface area contributed by atoms with E-state index >= 15 is 0 Å². The SMILES string of the molecule is COCC[C@@]1(CO)CCCN(C(=O)c2ccc(CO)cc2)C1. The van der Waals surface area contributed by atoms with Crippen molar-refractivity contribution in [2.24, 2.45) is 5.41 Å². The van der Waals surface area contributed by atoms with Gasteiger partial charge in [-0.25, -0.2) is 0 Å². The molecule has 1 aromatic rings. The normalized spacial score (nSPS) is 21.9. The summed E-state index contributed by atoms with van der Waals surface area (Å²) in [5.74, 6) is -0.0144. The number of aliphatic hydroxyl groups excluding tert-OH is 2. The molecule has 2 rings (SSSR count). The minimum absolute atomic E-state index is 0.0144. The molecule has 0 saturated carbocycles. The fraction of sp³-hybridized carbons (Fsp3) is 0.588. The molecule has 1 aliphatic rings. The summed E-state index contributed by atoms with van der Waals surface area (Å²) >= 11 is 0. The number of hydrogen-bond acceptors (Lipinski definition) is 4. The molecule has 1 atom stereocenters. The predicted molar refractivity (Wildman–Crippen MR) is 83.5 cm³/mol. The maximum Gasteiger partial charge on any atom is 0.253 e. The van der Waals surface area contributed by atoms with Gasteiger partial charge >= 0.3 is 0 Å². The molecule has 22 heavy (non-hydrogen) atoms. The molecule has 0 aromatic heterocycles. The summed E-state index contributed by atoms with van der Waals surface area (Å²) in [5.41, 5.74) is 1.16. The van der Waals surface area contributed by atoms with Gasteiger partial charge in [-0.2, -0.15) is 0 Å². The molecule has 5 nitrogen and oxygen atoms in total. The lowest BCUT2D eigenvalue weighted by molar-refractivity contribution is 0.00898. The van der Waals surface area contributed by atoms with Crippen LogP contribution in [-0.2, 0) is 11.3 Å². The number of aliphatic hydroxyl groups is 2. The molecular formula is C17H25NO4. The summed E-state index contributed by atoms with van der Waals surface area (Å²) in [4.78, 5) is 14.5. The third-order valence-electron chi connectivity index (χ3n) is 4.50. The molecule has 0 aliphatic carbocycles. The lowest BCUT2D eigenvalue weighted by atomic mass is 9.78. The smallest absolute Gasteiger partial charge is 0.253 e. The van der Waals surface area contributed by atoms with Crippen LogP contribution in [0.3, 0.4) is 0 Å². The average Bonchev–Trinajstić information content (AvgIpc) is 2.59. The second-order valence-corrected chi connectivity index (χ2v) is 6.09. The Hall–Kier alpha value is -1.43. The quantitative estimate of drug-likeness (QED) is 0.834. The second kappa shape index (κ2) is 7.72. The summed E-state index contributed by atoms with van der Waals surface area (Å²) in [6.45, 7) is 1.92. The van der Waals surface area contributed by atoms with Crippen molar-refractivity contribution in [2.75, 3.05) is 33.4 Å². The second-order valence-electron chi connectivity index (χ2n) is 6.09. The lowest BCUT2D eigenvalue weighted by Crippen LogP contribution is -2.48. The Kier molecular flexibility index (Phi) is 5.94. The van der Waals surface area contributed by atoms with Crippen LogP contribution in [0.4, 0.5) is 0 Å². The van der Waals surface area contributed by atoms with E-state index in [0.29, 0.717) is 18.7 Å². The Morgan fingerprint density at radius 3 is 2.64 bits per heavy atom. The van der Waals surface area contributed by atoms with Gasteiger partial charge in [0.05, 0.1) is 13.2 Å². The fourth-order valence-corrected chi connectivity index (χ4v) is 3.05. The first kappa shape index (κ1) is 16.9. The molecule has 0 spiro atoms. The highest BCUT2D eigenvalue weighted by Gasteiger charge is 2.36. The molecule has 1 amide bonds. The number of methoxy groups -OCH3 is 1. The zero-order chi connectivity index (χ0) is 16.0. The minimum Gasteiger partial charge on any atom is -0.396 e. The zero-order valence-corrected chi connectivity index (χ0v) is 13.1. The van der Waals surface area contributed by atoms with Crippen molar-refractivity contribution >= 4 is 5.91 Å². The highest BCUT2D eigenvalue weighted by molar-refractivity contribution is 5.94. The van der Waals surface area contributed by atoms with Crippen molar-refractivity contribution in [3.05, 3.63) is 35.4 Å². The van der Waals surface area contributed by atoms with Gasteiger partial charge in [0.2, 0.25) is 0 Å². The summed E-state index contributed by atoms with van der Waals surface area (Å²) in [6, 6.07) is 7.03. The van der Waals surface area contributed by atoms with Crippen LogP contribution < -0.4 is 0 Å². The van der Waals surface area contributed by atoms with Gasteiger partial charge in [-0.15, -0.1) is 0 Å². The van der Waals surface area contributed by atoms with E-state index < -0.39 is 0 Å². The van der Waals surface area contributed by atoms with Crippen LogP contribution in [0.5, 0.6) is 0 Å². The van der Waals surface area contributed by atoms with E-state index in [1.54, 1.807) is 31.4 Å². The summed E-state index contributed by atoms with van der Waals surface area (Å²) in [6.07, 6.45) is 2.57. The molecule has 2 N–H and O–H groups in total. The molecule has 0 radical (unpaired) electrons. The van der Waals surface area contributed by atoms with Gasteiger partial charge in [0, 0.05) is 37.8 Å². The van der Waals surface area contributed by atoms with Gasteiger partial charge in [-0.05, 0) is 37.0 Å². The van der Waals surface area contributed by atoms with Gasteiger partial charge in [0.25, 0.3) is 5.91 Å². The Labute approximate surface area is 131 Å². The standard InChI is InChI=1S/C17H25NO4/c1-22-10-8-17(13-20)7-2-9-18(12-17)16(21)15-5-3-14(11-19)4-6-15/h3-6,19-20H,2,7-13H2,1H3/t17-/m0/s1. The maximum atomic E-state index is 12.6. The summed E-state index contributed by atoms with van der Waals surface area (Å²) in [7, 11) is 1.65. The van der Waals surface area contributed by atoms with E-state index in [2.05, 4.69) is 0 Å². The molecule has 0 unspecified atom stereocenters. The summed E-state index contributed by atoms with van der Waals surface area (Å²) < 4.78 is 5.14. The first-order valence-electron chi connectivity index (χ1n) is 7.73. The highest BCUT2D eigenvalue weighted by Crippen LogP contribution is 2.33. The number of carbonyl (C=O) groups excluding carboxylic acids is 1. The number of piperidine rings is 1. The molecule has 1 saturated heterocycles. The van der Waals surface area contributed by atoms with Crippen molar-refractivity contribution in [3.63, 3.8) is 0 Å². The van der Waals surface area contributed by atoms with Crippen LogP contribution in [0, 0.1) is 5.41 Å². The molecule has 5 heteroatoms. The zero-order valence-electron chi connectivity index (χ0n) is 13.1. The van der Waals surface area contributed by atoms with Crippen LogP contribution in [0.25, 0.3) is 0 Å². The van der Waals surface area contributed by atoms with Crippen LogP contribution in [-0.4, -0.2) is 54.4 Å². The van der Waals surface area contributed by atoms with Crippen LogP contribution in [0.15, 0.2) is 24.3 Å². The number of ether oxygens (including phenoxy) is 1. The number of nitrogens with zero attached hydrogens (tertiary/aromatic N) is 1. The third-order valence-corrected chi connectivity index (χ3v) is 4.50. The van der Waals surface area contributed by atoms with Gasteiger partial charge in [-0.3, -0.25) is 4.79 Å². The lowest BCUT2D eigenvalue weighted by Gasteiger charge is -2.41. The average molecular weight is 307 g/mol. The Morgan fingerprint density at radius 2 is 2.05 bits per heavy atom. The van der Waals surface area contributed by atoms with E-state index in [1.165, 1.54) is 0 Å². The third kappa shape index (κ3) is 3.85. The number of hydrogen-bond donors (Lipinski definition) is 2. The van der Waals surface area contributed by atoms with Crippen molar-refractivity contribution in [1.29, 1.82) is 0 Å². The maximum absolute atomic E-state index is 12.6. The van der Waals surface area contributed by atoms with E-state index in [9.17, 15) is 9.90 Å². The molecule has 1 aliphatic heterocycles. The van der Waals surface area contributed by atoms with E-state index in [4.69, 9.17) is 9.84 Å². The van der Waals surface area contributed by atoms with Crippen molar-refractivity contribution in [2.45, 2.75) is 25.9 Å². The monoisotopic (exact) mass is 307 g/mol. The molecule has 1 fully saturated rings. The molecule has 122 valence electrons. The van der Waals surface area contributed by atoms with Crippen molar-refractivity contribution in [1.82, 2.24) is 4.90 Å². The number of likely N-dealkylation sites (tertiary alicyclic amines) is 1.